The number of rotatable bonds is 5. The fourth-order valence-electron chi connectivity index (χ4n) is 1.75. The van der Waals surface area contributed by atoms with Gasteiger partial charge in [-0.25, -0.2) is 0 Å². The fourth-order valence-corrected chi connectivity index (χ4v) is 1.75. The monoisotopic (exact) mass is 172 g/mol. The summed E-state index contributed by atoms with van der Waals surface area (Å²) in [4.78, 5) is 0. The highest BCUT2D eigenvalue weighted by Gasteiger charge is 2.14. The van der Waals surface area contributed by atoms with Gasteiger partial charge in [0.2, 0.25) is 0 Å². The fraction of sp³-hybridized carbons (Fsp3) is 1.00. The van der Waals surface area contributed by atoms with Crippen molar-refractivity contribution in [1.82, 2.24) is 5.32 Å². The van der Waals surface area contributed by atoms with E-state index in [1.165, 1.54) is 25.7 Å². The maximum Gasteiger partial charge on any atom is 0.0594 e. The quantitative estimate of drug-likeness (QED) is 0.550. The van der Waals surface area contributed by atoms with E-state index < -0.39 is 0 Å². The van der Waals surface area contributed by atoms with Gasteiger partial charge in [0, 0.05) is 12.6 Å². The van der Waals surface area contributed by atoms with Crippen molar-refractivity contribution < 1.29 is 5.11 Å². The van der Waals surface area contributed by atoms with Crippen LogP contribution in [0.15, 0.2) is 0 Å². The van der Waals surface area contributed by atoms with Crippen LogP contribution in [0.1, 0.15) is 25.7 Å². The van der Waals surface area contributed by atoms with E-state index in [9.17, 15) is 0 Å². The molecule has 0 radical (unpaired) electrons. The first kappa shape index (κ1) is 9.96. The zero-order valence-corrected chi connectivity index (χ0v) is 7.63. The Hall–Kier alpha value is -0.120. The van der Waals surface area contributed by atoms with Crippen LogP contribution in [0, 0.1) is 5.92 Å². The topological polar surface area (TPSA) is 58.3 Å². The molecule has 1 aliphatic rings. The molecule has 4 N–H and O–H groups in total. The minimum Gasteiger partial charge on any atom is -0.395 e. The van der Waals surface area contributed by atoms with Gasteiger partial charge in [0.1, 0.15) is 0 Å². The molecule has 72 valence electrons. The number of aliphatic hydroxyl groups excluding tert-OH is 1. The van der Waals surface area contributed by atoms with Gasteiger partial charge >= 0.3 is 0 Å². The van der Waals surface area contributed by atoms with Crippen molar-refractivity contribution in [2.75, 3.05) is 19.7 Å². The molecule has 0 saturated heterocycles. The summed E-state index contributed by atoms with van der Waals surface area (Å²) in [7, 11) is 0. The highest BCUT2D eigenvalue weighted by atomic mass is 16.3. The SMILES string of the molecule is NC(CO)CNCC1CCCC1. The summed E-state index contributed by atoms with van der Waals surface area (Å²) in [5.74, 6) is 0.857. The lowest BCUT2D eigenvalue weighted by molar-refractivity contribution is 0.260. The van der Waals surface area contributed by atoms with Gasteiger partial charge in [0.25, 0.3) is 0 Å². The van der Waals surface area contributed by atoms with Crippen LogP contribution in [-0.2, 0) is 0 Å². The van der Waals surface area contributed by atoms with Crippen LogP contribution in [0.3, 0.4) is 0 Å². The minimum atomic E-state index is -0.0913. The normalized spacial score (nSPS) is 21.5. The van der Waals surface area contributed by atoms with E-state index in [0.29, 0.717) is 0 Å². The average molecular weight is 172 g/mol. The lowest BCUT2D eigenvalue weighted by Gasteiger charge is -2.13. The van der Waals surface area contributed by atoms with Gasteiger partial charge in [-0.3, -0.25) is 0 Å². The van der Waals surface area contributed by atoms with Gasteiger partial charge in [0.15, 0.2) is 0 Å². The molecular formula is C9H20N2O. The second-order valence-electron chi connectivity index (χ2n) is 3.75. The summed E-state index contributed by atoms with van der Waals surface area (Å²) in [6, 6.07) is -0.0913. The standard InChI is InChI=1S/C9H20N2O/c10-9(7-12)6-11-5-8-3-1-2-4-8/h8-9,11-12H,1-7,10H2. The third kappa shape index (κ3) is 3.52. The molecular weight excluding hydrogens is 152 g/mol. The highest BCUT2D eigenvalue weighted by molar-refractivity contribution is 4.71. The van der Waals surface area contributed by atoms with E-state index in [1.54, 1.807) is 0 Å². The first-order valence-corrected chi connectivity index (χ1v) is 4.90. The molecule has 0 heterocycles. The third-order valence-corrected chi connectivity index (χ3v) is 2.55. The highest BCUT2D eigenvalue weighted by Crippen LogP contribution is 2.23. The smallest absolute Gasteiger partial charge is 0.0594 e. The predicted molar refractivity (Wildman–Crippen MR) is 49.9 cm³/mol. The summed E-state index contributed by atoms with van der Waals surface area (Å²) >= 11 is 0. The summed E-state index contributed by atoms with van der Waals surface area (Å²) in [6.07, 6.45) is 5.50. The Morgan fingerprint density at radius 3 is 2.67 bits per heavy atom. The van der Waals surface area contributed by atoms with Crippen LogP contribution in [0.25, 0.3) is 0 Å². The second-order valence-corrected chi connectivity index (χ2v) is 3.75. The molecule has 0 aromatic carbocycles. The summed E-state index contributed by atoms with van der Waals surface area (Å²) in [5, 5.41) is 12.0. The molecule has 1 fully saturated rings. The zero-order valence-electron chi connectivity index (χ0n) is 7.63. The van der Waals surface area contributed by atoms with Gasteiger partial charge in [0.05, 0.1) is 6.61 Å². The van der Waals surface area contributed by atoms with Crippen LogP contribution in [0.5, 0.6) is 0 Å². The van der Waals surface area contributed by atoms with E-state index in [1.807, 2.05) is 0 Å². The van der Waals surface area contributed by atoms with Crippen molar-refractivity contribution in [2.45, 2.75) is 31.7 Å². The molecule has 1 aliphatic carbocycles. The molecule has 0 aliphatic heterocycles. The molecule has 1 saturated carbocycles. The number of nitrogens with two attached hydrogens (primary N) is 1. The van der Waals surface area contributed by atoms with E-state index in [2.05, 4.69) is 5.32 Å². The van der Waals surface area contributed by atoms with Crippen molar-refractivity contribution in [3.05, 3.63) is 0 Å². The summed E-state index contributed by atoms with van der Waals surface area (Å²) < 4.78 is 0. The lowest BCUT2D eigenvalue weighted by Crippen LogP contribution is -2.38. The van der Waals surface area contributed by atoms with Gasteiger partial charge in [-0.15, -0.1) is 0 Å². The second kappa shape index (κ2) is 5.51. The molecule has 1 atom stereocenters. The number of hydrogen-bond donors (Lipinski definition) is 3. The minimum absolute atomic E-state index is 0.0810. The molecule has 3 nitrogen and oxygen atoms in total. The van der Waals surface area contributed by atoms with E-state index in [4.69, 9.17) is 10.8 Å². The Morgan fingerprint density at radius 2 is 2.08 bits per heavy atom. The van der Waals surface area contributed by atoms with Crippen molar-refractivity contribution in [3.8, 4) is 0 Å². The number of hydrogen-bond acceptors (Lipinski definition) is 3. The third-order valence-electron chi connectivity index (χ3n) is 2.55. The lowest BCUT2D eigenvalue weighted by atomic mass is 10.1. The largest absolute Gasteiger partial charge is 0.395 e. The van der Waals surface area contributed by atoms with Crippen molar-refractivity contribution in [3.63, 3.8) is 0 Å². The van der Waals surface area contributed by atoms with Gasteiger partial charge in [-0.2, -0.15) is 0 Å². The van der Waals surface area contributed by atoms with Crippen molar-refractivity contribution in [2.24, 2.45) is 11.7 Å². The summed E-state index contributed by atoms with van der Waals surface area (Å²) in [5.41, 5.74) is 5.55. The molecule has 0 bridgehead atoms. The summed E-state index contributed by atoms with van der Waals surface area (Å²) in [6.45, 7) is 1.90. The average Bonchev–Trinajstić information content (AvgIpc) is 2.57. The molecule has 0 amide bonds. The van der Waals surface area contributed by atoms with Gasteiger partial charge in [-0.1, -0.05) is 12.8 Å². The van der Waals surface area contributed by atoms with Crippen LogP contribution >= 0.6 is 0 Å². The molecule has 3 heteroatoms. The number of nitrogens with one attached hydrogen (secondary N) is 1. The first-order valence-electron chi connectivity index (χ1n) is 4.90. The van der Waals surface area contributed by atoms with Crippen LogP contribution in [0.2, 0.25) is 0 Å². The molecule has 0 aromatic rings. The number of aliphatic hydroxyl groups is 1. The van der Waals surface area contributed by atoms with Crippen LogP contribution in [0.4, 0.5) is 0 Å². The Balaban J connectivity index is 1.94. The molecule has 1 unspecified atom stereocenters. The molecule has 12 heavy (non-hydrogen) atoms. The van der Waals surface area contributed by atoms with Gasteiger partial charge < -0.3 is 16.2 Å². The Kier molecular flexibility index (Phi) is 4.58. The van der Waals surface area contributed by atoms with Crippen molar-refractivity contribution >= 4 is 0 Å². The van der Waals surface area contributed by atoms with E-state index in [0.717, 1.165) is 19.0 Å². The van der Waals surface area contributed by atoms with E-state index >= 15 is 0 Å². The van der Waals surface area contributed by atoms with Gasteiger partial charge in [-0.05, 0) is 25.3 Å². The molecule has 0 aromatic heterocycles. The Morgan fingerprint density at radius 1 is 1.42 bits per heavy atom. The van der Waals surface area contributed by atoms with E-state index in [-0.39, 0.29) is 12.6 Å². The maximum absolute atomic E-state index is 8.66. The maximum atomic E-state index is 8.66. The molecule has 1 rings (SSSR count). The Labute approximate surface area is 74.3 Å². The predicted octanol–water partition coefficient (Wildman–Crippen LogP) is 0.0858. The van der Waals surface area contributed by atoms with Crippen LogP contribution < -0.4 is 11.1 Å². The van der Waals surface area contributed by atoms with Crippen molar-refractivity contribution in [1.29, 1.82) is 0 Å². The first-order chi connectivity index (χ1) is 5.83. The molecule has 0 spiro atoms. The Bertz CT molecular complexity index is 113. The van der Waals surface area contributed by atoms with Crippen LogP contribution in [-0.4, -0.2) is 30.8 Å². The zero-order chi connectivity index (χ0) is 8.81.